The molecule has 3 N–H and O–H groups in total. The number of carbonyl (C=O) groups excluding carboxylic acids is 6. The van der Waals surface area contributed by atoms with Gasteiger partial charge in [0.2, 0.25) is 29.5 Å². The number of nitrogens with zero attached hydrogens (tertiary/aromatic N) is 7. The van der Waals surface area contributed by atoms with Crippen LogP contribution in [0.25, 0.3) is 0 Å². The van der Waals surface area contributed by atoms with E-state index in [0.29, 0.717) is 69.5 Å². The number of Topliss-reactive ketones (excluding diaryl/α,β-unsaturated/α-hetero) is 1. The number of morpholine rings is 2. The third kappa shape index (κ3) is 31.2. The van der Waals surface area contributed by atoms with E-state index in [4.69, 9.17) is 19.3 Å². The van der Waals surface area contributed by atoms with Gasteiger partial charge in [-0.25, -0.2) is 0 Å². The lowest BCUT2D eigenvalue weighted by atomic mass is 9.93. The molecule has 8 fully saturated rings. The van der Waals surface area contributed by atoms with Crippen molar-refractivity contribution >= 4 is 35.3 Å². The molecule has 0 aliphatic carbocycles. The number of β-amino-alcohol motifs (C(OH)–C–C–N with tert-alkyl or cyclic N) is 2. The second-order valence-corrected chi connectivity index (χ2v) is 31.5. The van der Waals surface area contributed by atoms with E-state index < -0.39 is 0 Å². The molecule has 8 saturated heterocycles. The van der Waals surface area contributed by atoms with Crippen molar-refractivity contribution < 1.29 is 53.2 Å². The zero-order chi connectivity index (χ0) is 65.0. The van der Waals surface area contributed by atoms with Gasteiger partial charge in [0, 0.05) is 148 Å². The van der Waals surface area contributed by atoms with Gasteiger partial charge in [-0.2, -0.15) is 0 Å². The highest BCUT2D eigenvalue weighted by Crippen LogP contribution is 2.25. The van der Waals surface area contributed by atoms with Crippen LogP contribution in [-0.4, -0.2) is 243 Å². The van der Waals surface area contributed by atoms with Gasteiger partial charge in [0.1, 0.15) is 5.78 Å². The molecule has 0 spiro atoms. The SMILES string of the molecule is CC(C)(C)C(=O)N1CCC(=O)CC1.CC(C)(C)C(=O)N1CCOCC1.CC(C)(C)N1C(=O)CCC1=O.CC(C)(C)N1CC(O)C1.CC(C)(C)N1CCC(O)C1.CC(C)(C)N1CCCC1=O.CC(C)(C)N1CCOCC1.CC(C)(C)NC1COC1. The monoisotopic (exact) mass is 1190 g/mol. The molecule has 84 heavy (non-hydrogen) atoms. The minimum Gasteiger partial charge on any atom is -0.392 e. The number of aliphatic hydroxyl groups is 2. The molecule has 5 amide bonds. The van der Waals surface area contributed by atoms with Crippen molar-refractivity contribution in [3.05, 3.63) is 0 Å². The second-order valence-electron chi connectivity index (χ2n) is 31.5. The summed E-state index contributed by atoms with van der Waals surface area (Å²) in [4.78, 5) is 81.8. The summed E-state index contributed by atoms with van der Waals surface area (Å²) in [5, 5.41) is 21.6. The highest BCUT2D eigenvalue weighted by molar-refractivity contribution is 6.02. The Balaban J connectivity index is 0.000000481. The number of ketones is 1. The van der Waals surface area contributed by atoms with E-state index in [2.05, 4.69) is 124 Å². The summed E-state index contributed by atoms with van der Waals surface area (Å²) < 4.78 is 15.4. The first-order chi connectivity index (χ1) is 38.0. The number of nitrogens with one attached hydrogen (secondary N) is 1. The Morgan fingerprint density at radius 1 is 0.429 bits per heavy atom. The molecule has 492 valence electrons. The van der Waals surface area contributed by atoms with Crippen molar-refractivity contribution in [2.45, 2.75) is 263 Å². The van der Waals surface area contributed by atoms with Crippen molar-refractivity contribution in [1.29, 1.82) is 0 Å². The predicted molar refractivity (Wildman–Crippen MR) is 338 cm³/mol. The maximum atomic E-state index is 11.7. The fraction of sp³-hybridized carbons (Fsp3) is 0.908. The molecular weight excluding hydrogens is 1070 g/mol. The number of hydrogen-bond donors (Lipinski definition) is 3. The molecule has 19 nitrogen and oxygen atoms in total. The predicted octanol–water partition coefficient (Wildman–Crippen LogP) is 7.66. The molecule has 19 heteroatoms. The average molecular weight is 1200 g/mol. The third-order valence-corrected chi connectivity index (χ3v) is 15.0. The molecular formula is C65H126N8O11. The normalized spacial score (nSPS) is 21.9. The van der Waals surface area contributed by atoms with Crippen LogP contribution in [0.15, 0.2) is 0 Å². The summed E-state index contributed by atoms with van der Waals surface area (Å²) >= 11 is 0. The first kappa shape index (κ1) is 78.9. The van der Waals surface area contributed by atoms with Crippen LogP contribution in [-0.2, 0) is 43.0 Å². The molecule has 0 saturated carbocycles. The van der Waals surface area contributed by atoms with E-state index in [0.717, 1.165) is 105 Å². The fourth-order valence-electron chi connectivity index (χ4n) is 9.88. The number of hydrogen-bond acceptors (Lipinski definition) is 15. The molecule has 8 heterocycles. The Bertz CT molecular complexity index is 1950. The average Bonchev–Trinajstić information content (AvgIpc) is 4.09. The van der Waals surface area contributed by atoms with Crippen LogP contribution in [0.4, 0.5) is 0 Å². The second kappa shape index (κ2) is 34.0. The lowest BCUT2D eigenvalue weighted by molar-refractivity contribution is -0.144. The molecule has 0 aromatic heterocycles. The summed E-state index contributed by atoms with van der Waals surface area (Å²) in [5.41, 5.74) is 0.172. The van der Waals surface area contributed by atoms with Crippen LogP contribution in [0.3, 0.4) is 0 Å². The van der Waals surface area contributed by atoms with Gasteiger partial charge in [0.15, 0.2) is 0 Å². The molecule has 0 bridgehead atoms. The standard InChI is InChI=1S/C10H17NO2.C9H17NO2.C8H13NO2.2C8H17NO.C8H15NO.2C7H15NO/c1-10(2,3)9(13)11-6-4-8(12)5-7-11;1-9(2,3)8(11)10-4-6-12-7-5-10;1-8(2,3)9-6(10)4-5-7(9)11;1-8(2,3)9-4-6-10-7-5-9;1-8(2,3)9-5-4-7(10)6-9;1-8(2,3)9-6-4-5-7(9)10;1-7(2,3)8-6-4-9-5-6;1-7(2,3)8-4-6(9)5-8/h4-7H2,1-3H3;4-7H2,1-3H3;4-5H2,1-3H3;4-7H2,1-3H3;7,10H,4-6H2,1-3H3;4-6H2,1-3H3;6,8H,4-5H2,1-3H3;6,9H,4-5H2,1-3H3. The van der Waals surface area contributed by atoms with E-state index >= 15 is 0 Å². The van der Waals surface area contributed by atoms with E-state index in [1.807, 2.05) is 72.1 Å². The minimum absolute atomic E-state index is 0.0353. The number of likely N-dealkylation sites (tertiary alicyclic amines) is 5. The van der Waals surface area contributed by atoms with Crippen molar-refractivity contribution in [3.63, 3.8) is 0 Å². The van der Waals surface area contributed by atoms with Gasteiger partial charge in [0.25, 0.3) is 0 Å². The number of piperidine rings is 1. The number of imide groups is 1. The van der Waals surface area contributed by atoms with Gasteiger partial charge in [0.05, 0.1) is 57.9 Å². The van der Waals surface area contributed by atoms with Gasteiger partial charge >= 0.3 is 0 Å². The Morgan fingerprint density at radius 3 is 1.06 bits per heavy atom. The Morgan fingerprint density at radius 2 is 0.833 bits per heavy atom. The third-order valence-electron chi connectivity index (χ3n) is 15.0. The number of aliphatic hydroxyl groups excluding tert-OH is 2. The highest BCUT2D eigenvalue weighted by atomic mass is 16.5. The van der Waals surface area contributed by atoms with Crippen LogP contribution >= 0.6 is 0 Å². The summed E-state index contributed by atoms with van der Waals surface area (Å²) in [6, 6.07) is 0.602. The van der Waals surface area contributed by atoms with E-state index in [-0.39, 0.29) is 80.1 Å². The first-order valence-corrected chi connectivity index (χ1v) is 31.4. The van der Waals surface area contributed by atoms with E-state index in [1.54, 1.807) is 4.90 Å². The van der Waals surface area contributed by atoms with Crippen LogP contribution < -0.4 is 5.32 Å². The van der Waals surface area contributed by atoms with Gasteiger partial charge in [-0.15, -0.1) is 0 Å². The lowest BCUT2D eigenvalue weighted by Gasteiger charge is -2.45. The zero-order valence-electron chi connectivity index (χ0n) is 57.9. The Kier molecular flexibility index (Phi) is 31.9. The summed E-state index contributed by atoms with van der Waals surface area (Å²) in [6.07, 6.45) is 4.41. The summed E-state index contributed by atoms with van der Waals surface area (Å²) in [5.74, 6) is 0.890. The summed E-state index contributed by atoms with van der Waals surface area (Å²) in [7, 11) is 0. The fourth-order valence-corrected chi connectivity index (χ4v) is 9.88. The van der Waals surface area contributed by atoms with Gasteiger partial charge in [-0.1, -0.05) is 41.5 Å². The number of amides is 5. The van der Waals surface area contributed by atoms with Gasteiger partial charge < -0.3 is 44.4 Å². The summed E-state index contributed by atoms with van der Waals surface area (Å²) in [6.45, 7) is 64.1. The van der Waals surface area contributed by atoms with E-state index in [1.165, 1.54) is 4.90 Å². The molecule has 8 aliphatic heterocycles. The van der Waals surface area contributed by atoms with Crippen LogP contribution in [0, 0.1) is 10.8 Å². The number of rotatable bonds is 1. The zero-order valence-corrected chi connectivity index (χ0v) is 57.9. The topological polar surface area (TPSA) is 205 Å². The first-order valence-electron chi connectivity index (χ1n) is 31.4. The highest BCUT2D eigenvalue weighted by Gasteiger charge is 2.38. The van der Waals surface area contributed by atoms with Crippen LogP contribution in [0.5, 0.6) is 0 Å². The molecule has 1 atom stereocenters. The molecule has 1 unspecified atom stereocenters. The van der Waals surface area contributed by atoms with Crippen molar-refractivity contribution in [2.24, 2.45) is 10.8 Å². The lowest BCUT2D eigenvalue weighted by Crippen LogP contribution is -2.58. The Hall–Kier alpha value is -3.14. The maximum absolute atomic E-state index is 11.7. The maximum Gasteiger partial charge on any atom is 0.230 e. The van der Waals surface area contributed by atoms with E-state index in [9.17, 15) is 33.9 Å². The molecule has 8 aliphatic rings. The van der Waals surface area contributed by atoms with Crippen LogP contribution in [0.2, 0.25) is 0 Å². The van der Waals surface area contributed by atoms with Gasteiger partial charge in [-0.3, -0.25) is 48.4 Å². The quantitative estimate of drug-likeness (QED) is 0.216. The Labute approximate surface area is 511 Å². The van der Waals surface area contributed by atoms with Crippen molar-refractivity contribution in [2.75, 3.05) is 112 Å². The molecule has 0 aromatic carbocycles. The van der Waals surface area contributed by atoms with Gasteiger partial charge in [-0.05, 0) is 137 Å². The molecule has 8 rings (SSSR count). The van der Waals surface area contributed by atoms with Crippen molar-refractivity contribution in [1.82, 2.24) is 39.6 Å². The van der Waals surface area contributed by atoms with Crippen molar-refractivity contribution in [3.8, 4) is 0 Å². The minimum atomic E-state index is -0.343. The number of carbonyl (C=O) groups is 6. The smallest absolute Gasteiger partial charge is 0.230 e. The molecule has 0 radical (unpaired) electrons. The largest absolute Gasteiger partial charge is 0.392 e. The number of ether oxygens (including phenoxy) is 3. The van der Waals surface area contributed by atoms with Crippen LogP contribution in [0.1, 0.15) is 211 Å². The molecule has 0 aromatic rings.